The fourth-order valence-corrected chi connectivity index (χ4v) is 5.79. The summed E-state index contributed by atoms with van der Waals surface area (Å²) in [5.74, 6) is -0.353. The zero-order chi connectivity index (χ0) is 24.3. The number of carbonyl (C=O) groups is 2. The Hall–Kier alpha value is -4.52. The predicted molar refractivity (Wildman–Crippen MR) is 132 cm³/mol. The van der Waals surface area contributed by atoms with Crippen LogP contribution in [0, 0.1) is 5.41 Å². The van der Waals surface area contributed by atoms with Crippen LogP contribution in [0.4, 0.5) is 0 Å². The lowest BCUT2D eigenvalue weighted by molar-refractivity contribution is -0.155. The van der Waals surface area contributed by atoms with Crippen molar-refractivity contribution in [1.29, 1.82) is 0 Å². The molecule has 1 aliphatic carbocycles. The van der Waals surface area contributed by atoms with Gasteiger partial charge in [-0.1, -0.05) is 96.2 Å². The van der Waals surface area contributed by atoms with E-state index >= 15 is 0 Å². The van der Waals surface area contributed by atoms with Crippen LogP contribution in [-0.4, -0.2) is 36.8 Å². The molecule has 3 aromatic carbocycles. The summed E-state index contributed by atoms with van der Waals surface area (Å²) in [5, 5.41) is 12.1. The van der Waals surface area contributed by atoms with E-state index in [4.69, 9.17) is 0 Å². The summed E-state index contributed by atoms with van der Waals surface area (Å²) in [5.41, 5.74) is 3.11. The highest BCUT2D eigenvalue weighted by Crippen LogP contribution is 2.51. The van der Waals surface area contributed by atoms with Crippen LogP contribution in [0.3, 0.4) is 0 Å². The maximum atomic E-state index is 14.3. The SMILES string of the molecule is O=C1N2C(c3ccccc3)C=CC(c3ccccc3)N2C(=O)C12Cc1nnn(-c3ccccc3)c1C2. The molecular weight excluding hydrogens is 450 g/mol. The first-order valence-electron chi connectivity index (χ1n) is 12.1. The quantitative estimate of drug-likeness (QED) is 0.333. The van der Waals surface area contributed by atoms with Crippen LogP contribution in [0.5, 0.6) is 0 Å². The number of fused-ring (bicyclic) bond motifs is 2. The van der Waals surface area contributed by atoms with E-state index in [2.05, 4.69) is 10.3 Å². The molecule has 2 aliphatic heterocycles. The lowest BCUT2D eigenvalue weighted by atomic mass is 9.84. The van der Waals surface area contributed by atoms with Gasteiger partial charge < -0.3 is 0 Å². The van der Waals surface area contributed by atoms with Gasteiger partial charge in [0.05, 0.1) is 29.2 Å². The van der Waals surface area contributed by atoms with E-state index in [0.29, 0.717) is 5.69 Å². The largest absolute Gasteiger partial charge is 0.272 e. The van der Waals surface area contributed by atoms with Gasteiger partial charge in [0.25, 0.3) is 11.8 Å². The van der Waals surface area contributed by atoms with Crippen molar-refractivity contribution in [2.75, 3.05) is 0 Å². The van der Waals surface area contributed by atoms with Crippen LogP contribution in [-0.2, 0) is 22.4 Å². The van der Waals surface area contributed by atoms with E-state index in [9.17, 15) is 9.59 Å². The number of carbonyl (C=O) groups excluding carboxylic acids is 2. The highest BCUT2D eigenvalue weighted by atomic mass is 16.2. The molecule has 1 aromatic heterocycles. The van der Waals surface area contributed by atoms with Gasteiger partial charge in [-0.25, -0.2) is 14.7 Å². The smallest absolute Gasteiger partial charge is 0.258 e. The lowest BCUT2D eigenvalue weighted by Crippen LogP contribution is -2.46. The average Bonchev–Trinajstić information content (AvgIpc) is 3.57. The minimum atomic E-state index is -1.22. The number of rotatable bonds is 3. The Bertz CT molecular complexity index is 1430. The molecule has 7 nitrogen and oxygen atoms in total. The van der Waals surface area contributed by atoms with Crippen molar-refractivity contribution in [2.24, 2.45) is 5.41 Å². The molecule has 0 N–H and O–H groups in total. The molecule has 2 unspecified atom stereocenters. The standard InChI is InChI=1S/C29H23N5O2/c35-27-29(18-23-26(19-29)32(31-30-23)22-14-8-3-9-15-22)28(36)34-25(21-12-6-2-7-13-21)17-16-24(33(27)34)20-10-4-1-5-11-20/h1-17,24-25H,18-19H2. The molecule has 3 aliphatic rings. The van der Waals surface area contributed by atoms with E-state index in [1.54, 1.807) is 14.7 Å². The van der Waals surface area contributed by atoms with Crippen LogP contribution in [0.15, 0.2) is 103 Å². The second kappa shape index (κ2) is 7.75. The Morgan fingerprint density at radius 2 is 1.17 bits per heavy atom. The highest BCUT2D eigenvalue weighted by molar-refractivity contribution is 6.11. The molecule has 7 rings (SSSR count). The van der Waals surface area contributed by atoms with E-state index in [1.807, 2.05) is 103 Å². The summed E-state index contributed by atoms with van der Waals surface area (Å²) < 4.78 is 1.76. The predicted octanol–water partition coefficient (Wildman–Crippen LogP) is 3.99. The molecule has 3 heterocycles. The van der Waals surface area contributed by atoms with E-state index in [-0.39, 0.29) is 36.7 Å². The number of benzene rings is 3. The minimum absolute atomic E-state index is 0.177. The van der Waals surface area contributed by atoms with Gasteiger partial charge in [0, 0.05) is 12.8 Å². The van der Waals surface area contributed by atoms with Gasteiger partial charge >= 0.3 is 0 Å². The molecule has 36 heavy (non-hydrogen) atoms. The number of hydrogen-bond donors (Lipinski definition) is 0. The Labute approximate surface area is 208 Å². The number of amides is 2. The molecule has 176 valence electrons. The lowest BCUT2D eigenvalue weighted by Gasteiger charge is -2.41. The molecule has 1 fully saturated rings. The number of para-hydroxylation sites is 1. The summed E-state index contributed by atoms with van der Waals surface area (Å²) in [6.45, 7) is 0. The summed E-state index contributed by atoms with van der Waals surface area (Å²) in [4.78, 5) is 28.6. The minimum Gasteiger partial charge on any atom is -0.272 e. The molecule has 0 saturated carbocycles. The zero-order valence-corrected chi connectivity index (χ0v) is 19.4. The maximum absolute atomic E-state index is 14.3. The van der Waals surface area contributed by atoms with Crippen molar-refractivity contribution in [2.45, 2.75) is 24.9 Å². The van der Waals surface area contributed by atoms with Crippen LogP contribution >= 0.6 is 0 Å². The summed E-state index contributed by atoms with van der Waals surface area (Å²) in [6, 6.07) is 28.7. The van der Waals surface area contributed by atoms with E-state index in [0.717, 1.165) is 22.5 Å². The molecular formula is C29H23N5O2. The first-order chi connectivity index (χ1) is 17.7. The van der Waals surface area contributed by atoms with Gasteiger partial charge in [0.2, 0.25) is 0 Å². The van der Waals surface area contributed by atoms with E-state index in [1.165, 1.54) is 0 Å². The Balaban J connectivity index is 1.34. The summed E-state index contributed by atoms with van der Waals surface area (Å²) in [7, 11) is 0. The monoisotopic (exact) mass is 473 g/mol. The third-order valence-electron chi connectivity index (χ3n) is 7.53. The third-order valence-corrected chi connectivity index (χ3v) is 7.53. The summed E-state index contributed by atoms with van der Waals surface area (Å²) in [6.07, 6.45) is 4.61. The van der Waals surface area contributed by atoms with Crippen LogP contribution in [0.2, 0.25) is 0 Å². The van der Waals surface area contributed by atoms with Crippen LogP contribution < -0.4 is 0 Å². The molecule has 1 saturated heterocycles. The molecule has 2 amide bonds. The van der Waals surface area contributed by atoms with Crippen LogP contribution in [0.25, 0.3) is 5.69 Å². The second-order valence-corrected chi connectivity index (χ2v) is 9.56. The summed E-state index contributed by atoms with van der Waals surface area (Å²) >= 11 is 0. The van der Waals surface area contributed by atoms with E-state index < -0.39 is 5.41 Å². The average molecular weight is 474 g/mol. The topological polar surface area (TPSA) is 71.3 Å². The van der Waals surface area contributed by atoms with Gasteiger partial charge in [-0.15, -0.1) is 5.10 Å². The normalized spacial score (nSPS) is 24.4. The Kier molecular flexibility index (Phi) is 4.48. The van der Waals surface area contributed by atoms with Gasteiger partial charge in [0.15, 0.2) is 0 Å². The molecule has 0 radical (unpaired) electrons. The molecule has 2 atom stereocenters. The molecule has 1 spiro atoms. The van der Waals surface area contributed by atoms with Crippen molar-refractivity contribution in [1.82, 2.24) is 25.0 Å². The van der Waals surface area contributed by atoms with Crippen molar-refractivity contribution < 1.29 is 9.59 Å². The van der Waals surface area contributed by atoms with Crippen molar-refractivity contribution >= 4 is 11.8 Å². The Morgan fingerprint density at radius 1 is 0.667 bits per heavy atom. The van der Waals surface area contributed by atoms with Gasteiger partial charge in [-0.05, 0) is 23.3 Å². The molecule has 0 bridgehead atoms. The fourth-order valence-electron chi connectivity index (χ4n) is 5.79. The van der Waals surface area contributed by atoms with Crippen molar-refractivity contribution in [3.8, 4) is 5.69 Å². The van der Waals surface area contributed by atoms with Gasteiger partial charge in [-0.2, -0.15) is 0 Å². The Morgan fingerprint density at radius 3 is 1.69 bits per heavy atom. The molecule has 7 heteroatoms. The first kappa shape index (κ1) is 20.8. The van der Waals surface area contributed by atoms with Crippen molar-refractivity contribution in [3.63, 3.8) is 0 Å². The fraction of sp³-hybridized carbons (Fsp3) is 0.172. The second-order valence-electron chi connectivity index (χ2n) is 9.56. The number of aromatic nitrogens is 3. The van der Waals surface area contributed by atoms with Gasteiger partial charge in [-0.3, -0.25) is 9.59 Å². The number of hydrazine groups is 1. The van der Waals surface area contributed by atoms with Crippen LogP contribution in [0.1, 0.15) is 34.6 Å². The van der Waals surface area contributed by atoms with Crippen molar-refractivity contribution in [3.05, 3.63) is 126 Å². The third kappa shape index (κ3) is 2.86. The molecule has 4 aromatic rings. The number of hydrogen-bond acceptors (Lipinski definition) is 4. The maximum Gasteiger partial charge on any atom is 0.258 e. The zero-order valence-electron chi connectivity index (χ0n) is 19.4. The highest BCUT2D eigenvalue weighted by Gasteiger charge is 2.65. The van der Waals surface area contributed by atoms with Gasteiger partial charge in [0.1, 0.15) is 5.41 Å². The first-order valence-corrected chi connectivity index (χ1v) is 12.1. The number of nitrogens with zero attached hydrogens (tertiary/aromatic N) is 5.